The maximum absolute atomic E-state index is 12.7. The van der Waals surface area contributed by atoms with Crippen LogP contribution in [0, 0.1) is 17.6 Å². The second kappa shape index (κ2) is 7.47. The summed E-state index contributed by atoms with van der Waals surface area (Å²) < 4.78 is 38.2. The first-order valence-corrected chi connectivity index (χ1v) is 9.12. The van der Waals surface area contributed by atoms with Crippen molar-refractivity contribution < 1.29 is 17.9 Å². The lowest BCUT2D eigenvalue weighted by Crippen LogP contribution is -2.15. The van der Waals surface area contributed by atoms with Gasteiger partial charge in [-0.1, -0.05) is 0 Å². The Morgan fingerprint density at radius 1 is 1.12 bits per heavy atom. The van der Waals surface area contributed by atoms with Crippen molar-refractivity contribution in [2.24, 2.45) is 0 Å². The van der Waals surface area contributed by atoms with Crippen LogP contribution >= 0.6 is 11.8 Å². The number of hydrogen-bond acceptors (Lipinski definition) is 6. The van der Waals surface area contributed by atoms with Crippen LogP contribution in [0.3, 0.4) is 0 Å². The molecular formula is C16H16N2O4S2. The Balaban J connectivity index is 2.40. The zero-order valence-corrected chi connectivity index (χ0v) is 15.0. The Hall–Kier alpha value is -2.37. The summed E-state index contributed by atoms with van der Waals surface area (Å²) in [6.07, 6.45) is 0. The Labute approximate surface area is 145 Å². The van der Waals surface area contributed by atoms with Gasteiger partial charge in [0.15, 0.2) is 0 Å². The van der Waals surface area contributed by atoms with Crippen LogP contribution in [0.4, 0.5) is 5.69 Å². The van der Waals surface area contributed by atoms with Crippen LogP contribution in [0.1, 0.15) is 5.56 Å². The van der Waals surface area contributed by atoms with Gasteiger partial charge in [0, 0.05) is 11.0 Å². The summed E-state index contributed by atoms with van der Waals surface area (Å²) in [7, 11) is -1.00. The van der Waals surface area contributed by atoms with Crippen molar-refractivity contribution in [3.8, 4) is 16.9 Å². The van der Waals surface area contributed by atoms with Crippen molar-refractivity contribution >= 4 is 27.5 Å². The molecule has 0 fully saturated rings. The van der Waals surface area contributed by atoms with Gasteiger partial charge in [0.05, 0.1) is 19.9 Å². The molecule has 0 aliphatic carbocycles. The zero-order chi connectivity index (χ0) is 17.7. The molecule has 0 amide bonds. The van der Waals surface area contributed by atoms with E-state index < -0.39 is 10.0 Å². The molecule has 0 aliphatic heterocycles. The number of nitriles is 1. The highest BCUT2D eigenvalue weighted by molar-refractivity contribution is 8.03. The van der Waals surface area contributed by atoms with Gasteiger partial charge in [0.25, 0.3) is 10.0 Å². The van der Waals surface area contributed by atoms with Crippen molar-refractivity contribution in [1.29, 1.82) is 5.26 Å². The fourth-order valence-corrected chi connectivity index (χ4v) is 3.85. The summed E-state index contributed by atoms with van der Waals surface area (Å²) in [4.78, 5) is 0.733. The average molecular weight is 364 g/mol. The predicted molar refractivity (Wildman–Crippen MR) is 93.0 cm³/mol. The van der Waals surface area contributed by atoms with E-state index in [1.807, 2.05) is 5.40 Å². The van der Waals surface area contributed by atoms with E-state index in [4.69, 9.17) is 14.7 Å². The van der Waals surface area contributed by atoms with Gasteiger partial charge < -0.3 is 9.47 Å². The summed E-state index contributed by atoms with van der Waals surface area (Å²) >= 11 is 1.02. The summed E-state index contributed by atoms with van der Waals surface area (Å²) in [6, 6.07) is 9.61. The number of anilines is 1. The summed E-state index contributed by atoms with van der Waals surface area (Å²) in [5, 5.41) is 10.7. The number of sulfonamides is 1. The number of nitrogens with one attached hydrogen (secondary N) is 1. The van der Waals surface area contributed by atoms with Crippen LogP contribution in [0.15, 0.2) is 46.2 Å². The molecule has 2 rings (SSSR count). The molecule has 0 aromatic heterocycles. The van der Waals surface area contributed by atoms with E-state index in [9.17, 15) is 8.42 Å². The number of thiocyanates is 1. The van der Waals surface area contributed by atoms with Gasteiger partial charge in [0.1, 0.15) is 21.8 Å². The van der Waals surface area contributed by atoms with E-state index in [0.717, 1.165) is 16.7 Å². The maximum Gasteiger partial charge on any atom is 0.265 e. The van der Waals surface area contributed by atoms with Gasteiger partial charge >= 0.3 is 0 Å². The van der Waals surface area contributed by atoms with Gasteiger partial charge in [-0.05, 0) is 54.6 Å². The van der Waals surface area contributed by atoms with Crippen LogP contribution in [-0.4, -0.2) is 22.6 Å². The van der Waals surface area contributed by atoms with E-state index in [1.165, 1.54) is 26.4 Å². The minimum Gasteiger partial charge on any atom is -0.497 e. The molecule has 0 saturated heterocycles. The van der Waals surface area contributed by atoms with Gasteiger partial charge in [0.2, 0.25) is 0 Å². The minimum atomic E-state index is -3.86. The Bertz CT molecular complexity index is 889. The van der Waals surface area contributed by atoms with Crippen molar-refractivity contribution in [2.75, 3.05) is 18.9 Å². The molecular weight excluding hydrogens is 348 g/mol. The normalized spacial score (nSPS) is 10.8. The Morgan fingerprint density at radius 2 is 1.88 bits per heavy atom. The van der Waals surface area contributed by atoms with Crippen LogP contribution in [0.25, 0.3) is 0 Å². The van der Waals surface area contributed by atoms with Crippen LogP contribution in [0.5, 0.6) is 11.5 Å². The molecule has 0 aliphatic rings. The third-order valence-electron chi connectivity index (χ3n) is 3.27. The highest BCUT2D eigenvalue weighted by Crippen LogP contribution is 2.31. The summed E-state index contributed by atoms with van der Waals surface area (Å²) in [5.74, 6) is 0.631. The highest BCUT2D eigenvalue weighted by Gasteiger charge is 2.21. The third-order valence-corrected chi connectivity index (χ3v) is 5.23. The topological polar surface area (TPSA) is 88.4 Å². The molecule has 6 nitrogen and oxygen atoms in total. The van der Waals surface area contributed by atoms with Gasteiger partial charge in [-0.15, -0.1) is 0 Å². The lowest BCUT2D eigenvalue weighted by Gasteiger charge is -2.14. The highest BCUT2D eigenvalue weighted by atomic mass is 32.2. The molecule has 0 radical (unpaired) electrons. The largest absolute Gasteiger partial charge is 0.497 e. The number of rotatable bonds is 6. The minimum absolute atomic E-state index is 0.0146. The molecule has 2 aromatic rings. The number of thioether (sulfide) groups is 1. The molecule has 0 spiro atoms. The van der Waals surface area contributed by atoms with Gasteiger partial charge in [-0.2, -0.15) is 5.26 Å². The van der Waals surface area contributed by atoms with Crippen molar-refractivity contribution in [3.05, 3.63) is 42.0 Å². The molecule has 0 heterocycles. The molecule has 24 heavy (non-hydrogen) atoms. The number of benzene rings is 2. The average Bonchev–Trinajstić information content (AvgIpc) is 2.57. The number of hydrogen-bond donors (Lipinski definition) is 1. The molecule has 0 atom stereocenters. The monoisotopic (exact) mass is 364 g/mol. The maximum atomic E-state index is 12.7. The van der Waals surface area contributed by atoms with E-state index in [-0.39, 0.29) is 10.6 Å². The van der Waals surface area contributed by atoms with Gasteiger partial charge in [-0.25, -0.2) is 8.42 Å². The molecule has 0 unspecified atom stereocenters. The molecule has 8 heteroatoms. The standard InChI is InChI=1S/C16H16N2O4S2/c1-11-8-13(23-10-17)5-6-14(11)18-24(19,20)16-9-12(21-2)4-7-15(16)22-3/h4-9,18H,1-3H3. The van der Waals surface area contributed by atoms with Crippen molar-refractivity contribution in [1.82, 2.24) is 0 Å². The number of nitrogens with zero attached hydrogens (tertiary/aromatic N) is 1. The quantitative estimate of drug-likeness (QED) is 0.624. The summed E-state index contributed by atoms with van der Waals surface area (Å²) in [6.45, 7) is 1.77. The van der Waals surface area contributed by atoms with Crippen LogP contribution < -0.4 is 14.2 Å². The molecule has 1 N–H and O–H groups in total. The first-order chi connectivity index (χ1) is 11.4. The smallest absolute Gasteiger partial charge is 0.265 e. The van der Waals surface area contributed by atoms with Crippen LogP contribution in [-0.2, 0) is 10.0 Å². The van der Waals surface area contributed by atoms with E-state index in [2.05, 4.69) is 4.72 Å². The molecule has 0 saturated carbocycles. The first-order valence-electron chi connectivity index (χ1n) is 6.82. The third kappa shape index (κ3) is 3.93. The van der Waals surface area contributed by atoms with E-state index in [0.29, 0.717) is 17.0 Å². The predicted octanol–water partition coefficient (Wildman–Crippen LogP) is 3.39. The number of ether oxygens (including phenoxy) is 2. The zero-order valence-electron chi connectivity index (χ0n) is 13.4. The SMILES string of the molecule is COc1ccc(OC)c(S(=O)(=O)Nc2ccc(SC#N)cc2C)c1. The summed E-state index contributed by atoms with van der Waals surface area (Å²) in [5.41, 5.74) is 1.14. The fourth-order valence-electron chi connectivity index (χ4n) is 2.06. The first kappa shape index (κ1) is 18.0. The number of aryl methyl sites for hydroxylation is 1. The fraction of sp³-hybridized carbons (Fsp3) is 0.188. The molecule has 126 valence electrons. The second-order valence-electron chi connectivity index (χ2n) is 4.79. The van der Waals surface area contributed by atoms with E-state index >= 15 is 0 Å². The van der Waals surface area contributed by atoms with Gasteiger partial charge in [-0.3, -0.25) is 4.72 Å². The second-order valence-corrected chi connectivity index (χ2v) is 7.30. The Kier molecular flexibility index (Phi) is 5.59. The van der Waals surface area contributed by atoms with Crippen molar-refractivity contribution in [2.45, 2.75) is 16.7 Å². The van der Waals surface area contributed by atoms with E-state index in [1.54, 1.807) is 31.2 Å². The lowest BCUT2D eigenvalue weighted by molar-refractivity contribution is 0.392. The molecule has 2 aromatic carbocycles. The van der Waals surface area contributed by atoms with Crippen molar-refractivity contribution in [3.63, 3.8) is 0 Å². The molecule has 0 bridgehead atoms. The van der Waals surface area contributed by atoms with Crippen LogP contribution in [0.2, 0.25) is 0 Å². The number of methoxy groups -OCH3 is 2. The lowest BCUT2D eigenvalue weighted by atomic mass is 10.2. The Morgan fingerprint density at radius 3 is 2.46 bits per heavy atom.